The molecule has 7 heteroatoms. The average Bonchev–Trinajstić information content (AvgIpc) is 3.18. The van der Waals surface area contributed by atoms with Gasteiger partial charge in [-0.05, 0) is 31.7 Å². The van der Waals surface area contributed by atoms with Gasteiger partial charge in [0, 0.05) is 12.1 Å². The number of benzene rings is 1. The molecule has 0 aliphatic heterocycles. The number of aliphatic hydroxyl groups excluding tert-OH is 1. The van der Waals surface area contributed by atoms with Crippen LogP contribution in [0.1, 0.15) is 25.3 Å². The fourth-order valence-corrected chi connectivity index (χ4v) is 3.57. The quantitative estimate of drug-likeness (QED) is 0.825. The van der Waals surface area contributed by atoms with Crippen LogP contribution in [0.15, 0.2) is 17.0 Å². The Hall–Kier alpha value is -1.49. The number of rotatable bonds is 4. The predicted molar refractivity (Wildman–Crippen MR) is 72.8 cm³/mol. The van der Waals surface area contributed by atoms with Gasteiger partial charge in [-0.3, -0.25) is 0 Å². The van der Waals surface area contributed by atoms with Gasteiger partial charge in [0.15, 0.2) is 0 Å². The van der Waals surface area contributed by atoms with Gasteiger partial charge in [0.25, 0.3) is 0 Å². The summed E-state index contributed by atoms with van der Waals surface area (Å²) in [4.78, 5) is -0.683. The molecule has 1 fully saturated rings. The monoisotopic (exact) mass is 315 g/mol. The lowest BCUT2D eigenvalue weighted by molar-refractivity contribution is 0.350. The summed E-state index contributed by atoms with van der Waals surface area (Å²) in [7, 11) is -4.15. The number of halogens is 2. The van der Waals surface area contributed by atoms with Crippen molar-refractivity contribution >= 4 is 10.0 Å². The van der Waals surface area contributed by atoms with Gasteiger partial charge in [-0.15, -0.1) is 0 Å². The highest BCUT2D eigenvalue weighted by Crippen LogP contribution is 2.33. The Bertz CT molecular complexity index is 703. The fourth-order valence-electron chi connectivity index (χ4n) is 2.06. The van der Waals surface area contributed by atoms with Crippen LogP contribution in [0.25, 0.3) is 0 Å². The normalized spacial score (nSPS) is 16.2. The van der Waals surface area contributed by atoms with E-state index in [4.69, 9.17) is 5.11 Å². The van der Waals surface area contributed by atoms with Crippen molar-refractivity contribution in [3.05, 3.63) is 29.3 Å². The number of hydrogen-bond acceptors (Lipinski definition) is 3. The van der Waals surface area contributed by atoms with Gasteiger partial charge in [0.05, 0.1) is 5.56 Å². The lowest BCUT2D eigenvalue weighted by atomic mass is 10.2. The Kier molecular flexibility index (Phi) is 4.61. The zero-order valence-electron chi connectivity index (χ0n) is 11.4. The molecule has 1 aliphatic carbocycles. The topological polar surface area (TPSA) is 66.4 Å². The van der Waals surface area contributed by atoms with E-state index < -0.39 is 33.2 Å². The average molecular weight is 315 g/mol. The van der Waals surface area contributed by atoms with Crippen LogP contribution in [0, 0.1) is 29.4 Å². The third kappa shape index (κ3) is 3.79. The number of nitrogens with one attached hydrogen (secondary N) is 1. The molecule has 2 N–H and O–H groups in total. The maximum absolute atomic E-state index is 13.9. The molecular weight excluding hydrogens is 300 g/mol. The van der Waals surface area contributed by atoms with Crippen LogP contribution < -0.4 is 4.72 Å². The van der Waals surface area contributed by atoms with Gasteiger partial charge >= 0.3 is 0 Å². The second kappa shape index (κ2) is 6.10. The van der Waals surface area contributed by atoms with E-state index in [0.717, 1.165) is 18.9 Å². The second-order valence-corrected chi connectivity index (χ2v) is 6.62. The minimum atomic E-state index is -4.15. The minimum absolute atomic E-state index is 0.246. The second-order valence-electron chi connectivity index (χ2n) is 4.97. The number of sulfonamides is 1. The molecule has 0 spiro atoms. The van der Waals surface area contributed by atoms with Crippen molar-refractivity contribution < 1.29 is 22.3 Å². The zero-order chi connectivity index (χ0) is 15.6. The van der Waals surface area contributed by atoms with Crippen molar-refractivity contribution in [2.24, 2.45) is 5.92 Å². The largest absolute Gasteiger partial charge is 0.384 e. The molecule has 0 aromatic heterocycles. The van der Waals surface area contributed by atoms with E-state index in [2.05, 4.69) is 16.6 Å². The maximum Gasteiger partial charge on any atom is 0.244 e. The van der Waals surface area contributed by atoms with E-state index in [0.29, 0.717) is 6.07 Å². The first-order valence-corrected chi connectivity index (χ1v) is 7.94. The Balaban J connectivity index is 2.45. The summed E-state index contributed by atoms with van der Waals surface area (Å²) in [5.74, 6) is 2.59. The number of aliphatic hydroxyl groups is 1. The molecule has 2 rings (SSSR count). The Morgan fingerprint density at radius 3 is 2.67 bits per heavy atom. The smallest absolute Gasteiger partial charge is 0.244 e. The van der Waals surface area contributed by atoms with Crippen LogP contribution in [0.5, 0.6) is 0 Å². The molecule has 1 aliphatic rings. The third-order valence-electron chi connectivity index (χ3n) is 3.25. The summed E-state index contributed by atoms with van der Waals surface area (Å²) < 4.78 is 54.1. The van der Waals surface area contributed by atoms with Gasteiger partial charge in [0.1, 0.15) is 23.1 Å². The van der Waals surface area contributed by atoms with Crippen LogP contribution in [0.3, 0.4) is 0 Å². The molecule has 0 radical (unpaired) electrons. The molecule has 1 unspecified atom stereocenters. The molecule has 21 heavy (non-hydrogen) atoms. The standard InChI is InChI=1S/C14H15F2NO3S/c1-9(10-4-5-10)17-21(19,20)14-11(3-2-6-18)7-12(15)8-13(14)16/h7-10,17-18H,4-6H2,1H3. The van der Waals surface area contributed by atoms with Gasteiger partial charge in [-0.2, -0.15) is 0 Å². The first kappa shape index (κ1) is 15.9. The maximum atomic E-state index is 13.9. The minimum Gasteiger partial charge on any atom is -0.384 e. The van der Waals surface area contributed by atoms with Gasteiger partial charge < -0.3 is 5.11 Å². The highest BCUT2D eigenvalue weighted by molar-refractivity contribution is 7.89. The summed E-state index contributed by atoms with van der Waals surface area (Å²) in [5.41, 5.74) is -0.308. The van der Waals surface area contributed by atoms with Crippen LogP contribution in [0.2, 0.25) is 0 Å². The lowest BCUT2D eigenvalue weighted by Gasteiger charge is -2.15. The summed E-state index contributed by atoms with van der Waals surface area (Å²) in [6.07, 6.45) is 1.85. The molecule has 1 aromatic rings. The van der Waals surface area contributed by atoms with E-state index >= 15 is 0 Å². The van der Waals surface area contributed by atoms with E-state index in [-0.39, 0.29) is 17.5 Å². The van der Waals surface area contributed by atoms with E-state index in [1.54, 1.807) is 6.92 Å². The van der Waals surface area contributed by atoms with Gasteiger partial charge in [0.2, 0.25) is 10.0 Å². The molecule has 1 atom stereocenters. The molecule has 0 bridgehead atoms. The first-order chi connectivity index (χ1) is 9.85. The predicted octanol–water partition coefficient (Wildman–Crippen LogP) is 1.39. The van der Waals surface area contributed by atoms with Crippen molar-refractivity contribution in [3.63, 3.8) is 0 Å². The summed E-state index contributed by atoms with van der Waals surface area (Å²) in [5, 5.41) is 8.66. The molecule has 1 saturated carbocycles. The lowest BCUT2D eigenvalue weighted by Crippen LogP contribution is -2.35. The van der Waals surface area contributed by atoms with E-state index in [1.165, 1.54) is 0 Å². The van der Waals surface area contributed by atoms with E-state index in [9.17, 15) is 17.2 Å². The van der Waals surface area contributed by atoms with Crippen LogP contribution in [0.4, 0.5) is 8.78 Å². The van der Waals surface area contributed by atoms with Crippen molar-refractivity contribution in [1.29, 1.82) is 0 Å². The summed E-state index contributed by atoms with van der Waals surface area (Å²) >= 11 is 0. The molecule has 0 saturated heterocycles. The molecule has 0 amide bonds. The van der Waals surface area contributed by atoms with Gasteiger partial charge in [-0.1, -0.05) is 11.8 Å². The summed E-state index contributed by atoms with van der Waals surface area (Å²) in [6, 6.07) is 1.01. The van der Waals surface area contributed by atoms with E-state index in [1.807, 2.05) is 0 Å². The van der Waals surface area contributed by atoms with Crippen molar-refractivity contribution in [3.8, 4) is 11.8 Å². The van der Waals surface area contributed by atoms with Crippen LogP contribution in [-0.2, 0) is 10.0 Å². The van der Waals surface area contributed by atoms with Crippen LogP contribution in [-0.4, -0.2) is 26.2 Å². The molecule has 4 nitrogen and oxygen atoms in total. The van der Waals surface area contributed by atoms with Gasteiger partial charge in [-0.25, -0.2) is 21.9 Å². The highest BCUT2D eigenvalue weighted by Gasteiger charge is 2.33. The Labute approximate surface area is 122 Å². The molecular formula is C14H15F2NO3S. The molecule has 114 valence electrons. The van der Waals surface area contributed by atoms with Crippen LogP contribution >= 0.6 is 0 Å². The molecule has 1 aromatic carbocycles. The highest BCUT2D eigenvalue weighted by atomic mass is 32.2. The Morgan fingerprint density at radius 2 is 2.10 bits per heavy atom. The SMILES string of the molecule is CC(NS(=O)(=O)c1c(F)cc(F)cc1C#CCO)C1CC1. The summed E-state index contributed by atoms with van der Waals surface area (Å²) in [6.45, 7) is 1.17. The Morgan fingerprint density at radius 1 is 1.43 bits per heavy atom. The first-order valence-electron chi connectivity index (χ1n) is 6.46. The van der Waals surface area contributed by atoms with Crippen molar-refractivity contribution in [1.82, 2.24) is 4.72 Å². The number of hydrogen-bond donors (Lipinski definition) is 2. The third-order valence-corrected chi connectivity index (χ3v) is 4.88. The van der Waals surface area contributed by atoms with Crippen molar-refractivity contribution in [2.45, 2.75) is 30.7 Å². The zero-order valence-corrected chi connectivity index (χ0v) is 12.2. The van der Waals surface area contributed by atoms with Crippen molar-refractivity contribution in [2.75, 3.05) is 6.61 Å². The fraction of sp³-hybridized carbons (Fsp3) is 0.429. The molecule has 0 heterocycles.